The van der Waals surface area contributed by atoms with Crippen LogP contribution in [0.4, 0.5) is 4.39 Å². The average molecular weight is 371 g/mol. The lowest BCUT2D eigenvalue weighted by Crippen LogP contribution is -2.52. The summed E-state index contributed by atoms with van der Waals surface area (Å²) in [5.74, 6) is -0.445. The van der Waals surface area contributed by atoms with Gasteiger partial charge in [-0.2, -0.15) is 0 Å². The largest absolute Gasteiger partial charge is 0.341 e. The molecule has 0 radical (unpaired) electrons. The Morgan fingerprint density at radius 2 is 1.88 bits per heavy atom. The second-order valence-electron chi connectivity index (χ2n) is 6.59. The van der Waals surface area contributed by atoms with Gasteiger partial charge >= 0.3 is 0 Å². The third-order valence-electron chi connectivity index (χ3n) is 4.79. The fourth-order valence-corrected chi connectivity index (χ4v) is 4.13. The van der Waals surface area contributed by atoms with Crippen molar-refractivity contribution in [3.05, 3.63) is 30.1 Å². The number of amides is 1. The fraction of sp³-hybridized carbons (Fsp3) is 0.588. The summed E-state index contributed by atoms with van der Waals surface area (Å²) in [6.45, 7) is 4.89. The summed E-state index contributed by atoms with van der Waals surface area (Å²) in [5.41, 5.74) is 5.99. The zero-order chi connectivity index (χ0) is 18.6. The Bertz CT molecular complexity index is 686. The molecule has 1 amide bonds. The Hall–Kier alpha value is -1.51. The smallest absolute Gasteiger partial charge is 0.240 e. The molecule has 1 fully saturated rings. The molecule has 2 atom stereocenters. The first-order chi connectivity index (χ1) is 11.7. The number of carbonyl (C=O) groups excluding carboxylic acids is 1. The summed E-state index contributed by atoms with van der Waals surface area (Å²) in [6, 6.07) is 3.94. The summed E-state index contributed by atoms with van der Waals surface area (Å²) in [4.78, 5) is 14.1. The molecule has 1 aromatic rings. The topological polar surface area (TPSA) is 92.5 Å². The molecule has 8 heteroatoms. The van der Waals surface area contributed by atoms with Gasteiger partial charge in [0.1, 0.15) is 5.82 Å². The molecule has 1 saturated heterocycles. The molecular weight excluding hydrogens is 345 g/mol. The van der Waals surface area contributed by atoms with Crippen LogP contribution in [-0.4, -0.2) is 44.4 Å². The molecule has 6 nitrogen and oxygen atoms in total. The summed E-state index contributed by atoms with van der Waals surface area (Å²) in [7, 11) is -3.69. The minimum absolute atomic E-state index is 0.0335. The maximum atomic E-state index is 12.9. The fourth-order valence-electron chi connectivity index (χ4n) is 2.83. The van der Waals surface area contributed by atoms with E-state index in [2.05, 4.69) is 4.72 Å². The molecule has 1 aliphatic rings. The van der Waals surface area contributed by atoms with Gasteiger partial charge in [-0.3, -0.25) is 4.79 Å². The molecule has 0 aromatic heterocycles. The van der Waals surface area contributed by atoms with E-state index in [-0.39, 0.29) is 22.8 Å². The Morgan fingerprint density at radius 3 is 2.40 bits per heavy atom. The predicted octanol–water partition coefficient (Wildman–Crippen LogP) is 1.47. The van der Waals surface area contributed by atoms with Crippen molar-refractivity contribution in [1.82, 2.24) is 9.62 Å². The summed E-state index contributed by atoms with van der Waals surface area (Å²) >= 11 is 0. The van der Waals surface area contributed by atoms with E-state index in [1.54, 1.807) is 4.90 Å². The maximum Gasteiger partial charge on any atom is 0.240 e. The second-order valence-corrected chi connectivity index (χ2v) is 8.30. The van der Waals surface area contributed by atoms with Crippen LogP contribution >= 0.6 is 0 Å². The SMILES string of the molecule is CCC(C)C(N)C(=O)N1CCC(NS(=O)(=O)c2ccc(F)cc2)CC1. The van der Waals surface area contributed by atoms with Crippen molar-refractivity contribution >= 4 is 15.9 Å². The number of halogens is 1. The summed E-state index contributed by atoms with van der Waals surface area (Å²) in [5, 5.41) is 0. The number of hydrogen-bond donors (Lipinski definition) is 2. The molecule has 1 aliphatic heterocycles. The van der Waals surface area contributed by atoms with Crippen LogP contribution in [0.5, 0.6) is 0 Å². The first-order valence-electron chi connectivity index (χ1n) is 8.57. The van der Waals surface area contributed by atoms with Crippen LogP contribution in [0.15, 0.2) is 29.2 Å². The molecule has 3 N–H and O–H groups in total. The number of nitrogens with one attached hydrogen (secondary N) is 1. The van der Waals surface area contributed by atoms with Crippen molar-refractivity contribution in [1.29, 1.82) is 0 Å². The number of piperidine rings is 1. The van der Waals surface area contributed by atoms with E-state index in [9.17, 15) is 17.6 Å². The first-order valence-corrected chi connectivity index (χ1v) is 10.0. The number of carbonyl (C=O) groups is 1. The number of benzene rings is 1. The van der Waals surface area contributed by atoms with Gasteiger partial charge in [-0.05, 0) is 43.0 Å². The van der Waals surface area contributed by atoms with Gasteiger partial charge in [0.2, 0.25) is 15.9 Å². The normalized spacial score (nSPS) is 18.8. The molecule has 140 valence electrons. The predicted molar refractivity (Wildman–Crippen MR) is 93.8 cm³/mol. The standard InChI is InChI=1S/C17H26FN3O3S/c1-3-12(2)16(19)17(22)21-10-8-14(9-11-21)20-25(23,24)15-6-4-13(18)5-7-15/h4-7,12,14,16,20H,3,8-11,19H2,1-2H3. The maximum absolute atomic E-state index is 12.9. The van der Waals surface area contributed by atoms with E-state index in [4.69, 9.17) is 5.73 Å². The van der Waals surface area contributed by atoms with E-state index in [1.807, 2.05) is 13.8 Å². The third-order valence-corrected chi connectivity index (χ3v) is 6.33. The van der Waals surface area contributed by atoms with E-state index in [1.165, 1.54) is 12.1 Å². The van der Waals surface area contributed by atoms with Crippen LogP contribution in [0, 0.1) is 11.7 Å². The van der Waals surface area contributed by atoms with Crippen LogP contribution < -0.4 is 10.5 Å². The van der Waals surface area contributed by atoms with Gasteiger partial charge in [0.05, 0.1) is 10.9 Å². The molecule has 25 heavy (non-hydrogen) atoms. The van der Waals surface area contributed by atoms with Gasteiger partial charge in [0.25, 0.3) is 0 Å². The van der Waals surface area contributed by atoms with Crippen molar-refractivity contribution in [3.63, 3.8) is 0 Å². The highest BCUT2D eigenvalue weighted by Gasteiger charge is 2.30. The molecule has 0 spiro atoms. The van der Waals surface area contributed by atoms with Crippen molar-refractivity contribution in [3.8, 4) is 0 Å². The van der Waals surface area contributed by atoms with Gasteiger partial charge in [-0.1, -0.05) is 20.3 Å². The van der Waals surface area contributed by atoms with Gasteiger partial charge in [0, 0.05) is 19.1 Å². The molecule has 2 rings (SSSR count). The van der Waals surface area contributed by atoms with Gasteiger partial charge in [-0.15, -0.1) is 0 Å². The highest BCUT2D eigenvalue weighted by Crippen LogP contribution is 2.17. The lowest BCUT2D eigenvalue weighted by atomic mass is 9.97. The van der Waals surface area contributed by atoms with E-state index >= 15 is 0 Å². The van der Waals surface area contributed by atoms with E-state index < -0.39 is 21.9 Å². The van der Waals surface area contributed by atoms with Crippen LogP contribution in [0.1, 0.15) is 33.1 Å². The van der Waals surface area contributed by atoms with E-state index in [0.29, 0.717) is 25.9 Å². The first kappa shape index (κ1) is 19.8. The minimum Gasteiger partial charge on any atom is -0.341 e. The second kappa shape index (κ2) is 8.25. The van der Waals surface area contributed by atoms with Crippen molar-refractivity contribution < 1.29 is 17.6 Å². The Balaban J connectivity index is 1.92. The number of sulfonamides is 1. The highest BCUT2D eigenvalue weighted by molar-refractivity contribution is 7.89. The molecule has 0 saturated carbocycles. The van der Waals surface area contributed by atoms with Crippen LogP contribution in [-0.2, 0) is 14.8 Å². The minimum atomic E-state index is -3.69. The van der Waals surface area contributed by atoms with E-state index in [0.717, 1.165) is 18.6 Å². The van der Waals surface area contributed by atoms with Crippen LogP contribution in [0.2, 0.25) is 0 Å². The van der Waals surface area contributed by atoms with Gasteiger partial charge in [-0.25, -0.2) is 17.5 Å². The number of rotatable bonds is 6. The van der Waals surface area contributed by atoms with Crippen LogP contribution in [0.3, 0.4) is 0 Å². The quantitative estimate of drug-likeness (QED) is 0.792. The lowest BCUT2D eigenvalue weighted by molar-refractivity contribution is -0.134. The molecule has 0 bridgehead atoms. The third kappa shape index (κ3) is 4.99. The zero-order valence-corrected chi connectivity index (χ0v) is 15.4. The molecular formula is C17H26FN3O3S. The zero-order valence-electron chi connectivity index (χ0n) is 14.6. The number of likely N-dealkylation sites (tertiary alicyclic amines) is 1. The van der Waals surface area contributed by atoms with Crippen molar-refractivity contribution in [2.24, 2.45) is 11.7 Å². The average Bonchev–Trinajstić information content (AvgIpc) is 2.60. The van der Waals surface area contributed by atoms with Crippen molar-refractivity contribution in [2.75, 3.05) is 13.1 Å². The Kier molecular flexibility index (Phi) is 6.53. The molecule has 1 heterocycles. The Labute approximate surface area is 148 Å². The number of nitrogens with two attached hydrogens (primary N) is 1. The Morgan fingerprint density at radius 1 is 1.32 bits per heavy atom. The van der Waals surface area contributed by atoms with Gasteiger partial charge in [0.15, 0.2) is 0 Å². The lowest BCUT2D eigenvalue weighted by Gasteiger charge is -2.34. The monoisotopic (exact) mass is 371 g/mol. The highest BCUT2D eigenvalue weighted by atomic mass is 32.2. The van der Waals surface area contributed by atoms with Crippen molar-refractivity contribution in [2.45, 2.75) is 50.1 Å². The number of nitrogens with zero attached hydrogens (tertiary/aromatic N) is 1. The molecule has 1 aromatic carbocycles. The summed E-state index contributed by atoms with van der Waals surface area (Å²) in [6.07, 6.45) is 1.89. The van der Waals surface area contributed by atoms with Crippen LogP contribution in [0.25, 0.3) is 0 Å². The molecule has 0 aliphatic carbocycles. The van der Waals surface area contributed by atoms with Gasteiger partial charge < -0.3 is 10.6 Å². The number of hydrogen-bond acceptors (Lipinski definition) is 4. The summed E-state index contributed by atoms with van der Waals surface area (Å²) < 4.78 is 40.2. The molecule has 2 unspecified atom stereocenters.